The van der Waals surface area contributed by atoms with Gasteiger partial charge in [-0.25, -0.2) is 9.50 Å². The fourth-order valence-corrected chi connectivity index (χ4v) is 3.69. The molecular weight excluding hydrogens is 382 g/mol. The van der Waals surface area contributed by atoms with Gasteiger partial charge < -0.3 is 5.32 Å². The summed E-state index contributed by atoms with van der Waals surface area (Å²) in [4.78, 5) is 21.7. The molecule has 0 fully saturated rings. The highest BCUT2D eigenvalue weighted by Gasteiger charge is 2.19. The van der Waals surface area contributed by atoms with Crippen molar-refractivity contribution in [3.8, 4) is 0 Å². The van der Waals surface area contributed by atoms with Crippen LogP contribution in [0.3, 0.4) is 0 Å². The van der Waals surface area contributed by atoms with E-state index < -0.39 is 0 Å². The van der Waals surface area contributed by atoms with Crippen molar-refractivity contribution in [2.45, 2.75) is 26.3 Å². The van der Waals surface area contributed by atoms with Crippen molar-refractivity contribution in [3.05, 3.63) is 93.5 Å². The molecule has 1 amide bonds. The minimum absolute atomic E-state index is 0.0752. The maximum atomic E-state index is 13.0. The highest BCUT2D eigenvalue weighted by atomic mass is 32.1. The lowest BCUT2D eigenvalue weighted by molar-refractivity contribution is -0.121. The maximum Gasteiger partial charge on any atom is 0.252 e. The number of aryl methyl sites for hydroxylation is 2. The molecule has 0 spiro atoms. The van der Waals surface area contributed by atoms with Crippen LogP contribution in [-0.4, -0.2) is 25.5 Å². The first-order chi connectivity index (χ1) is 14.0. The molecule has 146 valence electrons. The van der Waals surface area contributed by atoms with Crippen LogP contribution in [0, 0.1) is 18.6 Å². The number of benzene rings is 2. The van der Waals surface area contributed by atoms with Gasteiger partial charge >= 0.3 is 0 Å². The Kier molecular flexibility index (Phi) is 5.22. The van der Waals surface area contributed by atoms with Crippen molar-refractivity contribution in [2.75, 3.05) is 0 Å². The molecule has 0 aliphatic rings. The van der Waals surface area contributed by atoms with E-state index in [1.165, 1.54) is 0 Å². The van der Waals surface area contributed by atoms with Crippen LogP contribution in [0.1, 0.15) is 34.1 Å². The molecule has 4 rings (SSSR count). The highest BCUT2D eigenvalue weighted by molar-refractivity contribution is 7.71. The lowest BCUT2D eigenvalue weighted by atomic mass is 9.98. The average Bonchev–Trinajstić information content (AvgIpc) is 3.11. The monoisotopic (exact) mass is 403 g/mol. The number of aromatic amines is 1. The van der Waals surface area contributed by atoms with Gasteiger partial charge in [0.2, 0.25) is 10.7 Å². The normalized spacial score (nSPS) is 11.1. The summed E-state index contributed by atoms with van der Waals surface area (Å²) >= 11 is 5.11. The Bertz CT molecular complexity index is 1180. The Hall–Kier alpha value is -3.32. The number of carbonyl (C=O) groups excluding carboxylic acids is 1. The van der Waals surface area contributed by atoms with Crippen LogP contribution >= 0.6 is 12.2 Å². The fourth-order valence-electron chi connectivity index (χ4n) is 3.51. The second kappa shape index (κ2) is 7.97. The van der Waals surface area contributed by atoms with Crippen LogP contribution in [0.15, 0.2) is 60.7 Å². The zero-order valence-electron chi connectivity index (χ0n) is 16.2. The van der Waals surface area contributed by atoms with Gasteiger partial charge in [0.1, 0.15) is 0 Å². The van der Waals surface area contributed by atoms with Crippen molar-refractivity contribution >= 4 is 23.9 Å². The molecule has 29 heavy (non-hydrogen) atoms. The quantitative estimate of drug-likeness (QED) is 0.496. The van der Waals surface area contributed by atoms with E-state index >= 15 is 0 Å². The Morgan fingerprint density at radius 1 is 1.03 bits per heavy atom. The summed E-state index contributed by atoms with van der Waals surface area (Å²) in [6, 6.07) is 19.7. The van der Waals surface area contributed by atoms with Crippen LogP contribution < -0.4 is 5.32 Å². The first-order valence-corrected chi connectivity index (χ1v) is 9.78. The van der Waals surface area contributed by atoms with Gasteiger partial charge in [-0.05, 0) is 37.2 Å². The van der Waals surface area contributed by atoms with E-state index in [1.54, 1.807) is 4.52 Å². The number of aromatic nitrogens is 4. The molecule has 2 heterocycles. The number of H-pyrrole nitrogens is 1. The van der Waals surface area contributed by atoms with Crippen molar-refractivity contribution in [1.29, 1.82) is 0 Å². The topological polar surface area (TPSA) is 75.1 Å². The molecule has 0 saturated carbocycles. The predicted octanol–water partition coefficient (Wildman–Crippen LogP) is 3.85. The molecular formula is C22H21N5OS. The van der Waals surface area contributed by atoms with Crippen molar-refractivity contribution in [3.63, 3.8) is 0 Å². The van der Waals surface area contributed by atoms with Crippen molar-refractivity contribution in [1.82, 2.24) is 24.9 Å². The van der Waals surface area contributed by atoms with Gasteiger partial charge in [-0.2, -0.15) is 4.98 Å². The van der Waals surface area contributed by atoms with Crippen LogP contribution in [0.2, 0.25) is 0 Å². The first-order valence-electron chi connectivity index (χ1n) is 9.37. The number of nitrogens with one attached hydrogen (secondary N) is 2. The number of carbonyl (C=O) groups is 1. The molecule has 0 aliphatic heterocycles. The zero-order valence-corrected chi connectivity index (χ0v) is 17.0. The third-order valence-electron chi connectivity index (χ3n) is 4.99. The molecule has 6 nitrogen and oxygen atoms in total. The number of nitrogens with zero attached hydrogens (tertiary/aromatic N) is 3. The summed E-state index contributed by atoms with van der Waals surface area (Å²) in [6.07, 6.45) is 0.218. The molecule has 7 heteroatoms. The van der Waals surface area contributed by atoms with E-state index in [9.17, 15) is 4.79 Å². The van der Waals surface area contributed by atoms with Crippen molar-refractivity contribution in [2.24, 2.45) is 0 Å². The number of amides is 1. The molecule has 2 N–H and O–H groups in total. The predicted molar refractivity (Wildman–Crippen MR) is 114 cm³/mol. The summed E-state index contributed by atoms with van der Waals surface area (Å²) in [5.74, 6) is 0.439. The van der Waals surface area contributed by atoms with E-state index in [4.69, 9.17) is 12.2 Å². The number of rotatable bonds is 5. The van der Waals surface area contributed by atoms with Crippen LogP contribution in [0.25, 0.3) is 5.78 Å². The Morgan fingerprint density at radius 3 is 2.21 bits per heavy atom. The molecule has 2 aromatic carbocycles. The summed E-state index contributed by atoms with van der Waals surface area (Å²) in [7, 11) is 0. The van der Waals surface area contributed by atoms with Gasteiger partial charge in [-0.3, -0.25) is 9.89 Å². The second-order valence-corrected chi connectivity index (χ2v) is 7.31. The van der Waals surface area contributed by atoms with E-state index in [0.29, 0.717) is 10.5 Å². The summed E-state index contributed by atoms with van der Waals surface area (Å²) < 4.78 is 2.10. The van der Waals surface area contributed by atoms with Gasteiger partial charge in [-0.15, -0.1) is 0 Å². The molecule has 0 saturated heterocycles. The Morgan fingerprint density at radius 2 is 1.62 bits per heavy atom. The van der Waals surface area contributed by atoms with Gasteiger partial charge in [0, 0.05) is 17.0 Å². The summed E-state index contributed by atoms with van der Waals surface area (Å²) in [5.41, 5.74) is 4.58. The SMILES string of the molecule is Cc1nc2nc(=S)[nH]n2c(C)c1CC(=O)NC(c1ccccc1)c1ccccc1. The van der Waals surface area contributed by atoms with E-state index in [2.05, 4.69) is 20.4 Å². The molecule has 0 atom stereocenters. The van der Waals surface area contributed by atoms with Crippen LogP contribution in [0.4, 0.5) is 0 Å². The standard InChI is InChI=1S/C22H21N5OS/c1-14-18(15(2)27-21(23-14)25-22(29)26-27)13-19(28)24-20(16-9-5-3-6-10-16)17-11-7-4-8-12-17/h3-12,20H,13H2,1-2H3,(H,24,28)(H,26,29). The molecule has 0 bridgehead atoms. The third-order valence-corrected chi connectivity index (χ3v) is 5.18. The Labute approximate surface area is 173 Å². The maximum absolute atomic E-state index is 13.0. The second-order valence-electron chi connectivity index (χ2n) is 6.92. The van der Waals surface area contributed by atoms with Crippen LogP contribution in [0.5, 0.6) is 0 Å². The third kappa shape index (κ3) is 3.95. The molecule has 4 aromatic rings. The van der Waals surface area contributed by atoms with E-state index in [1.807, 2.05) is 74.5 Å². The van der Waals surface area contributed by atoms with E-state index in [0.717, 1.165) is 28.1 Å². The molecule has 0 radical (unpaired) electrons. The van der Waals surface area contributed by atoms with Gasteiger partial charge in [-0.1, -0.05) is 60.7 Å². The number of hydrogen-bond acceptors (Lipinski definition) is 4. The lowest BCUT2D eigenvalue weighted by Crippen LogP contribution is -2.31. The lowest BCUT2D eigenvalue weighted by Gasteiger charge is -2.20. The van der Waals surface area contributed by atoms with Gasteiger partial charge in [0.15, 0.2) is 0 Å². The smallest absolute Gasteiger partial charge is 0.252 e. The van der Waals surface area contributed by atoms with Gasteiger partial charge in [0.25, 0.3) is 5.78 Å². The molecule has 0 unspecified atom stereocenters. The van der Waals surface area contributed by atoms with Crippen LogP contribution in [-0.2, 0) is 11.2 Å². The molecule has 0 aliphatic carbocycles. The average molecular weight is 404 g/mol. The number of hydrogen-bond donors (Lipinski definition) is 2. The zero-order chi connectivity index (χ0) is 20.4. The summed E-state index contributed by atoms with van der Waals surface area (Å²) in [6.45, 7) is 3.82. The first kappa shape index (κ1) is 19.0. The summed E-state index contributed by atoms with van der Waals surface area (Å²) in [5, 5.41) is 6.17. The van der Waals surface area contributed by atoms with E-state index in [-0.39, 0.29) is 18.4 Å². The largest absolute Gasteiger partial charge is 0.345 e. The minimum Gasteiger partial charge on any atom is -0.345 e. The Balaban J connectivity index is 1.64. The number of fused-ring (bicyclic) bond motifs is 1. The minimum atomic E-state index is -0.221. The van der Waals surface area contributed by atoms with Crippen molar-refractivity contribution < 1.29 is 4.79 Å². The fraction of sp³-hybridized carbons (Fsp3) is 0.182. The molecule has 2 aromatic heterocycles. The van der Waals surface area contributed by atoms with Gasteiger partial charge in [0.05, 0.1) is 12.5 Å². The highest BCUT2D eigenvalue weighted by Crippen LogP contribution is 2.22.